The van der Waals surface area contributed by atoms with Crippen LogP contribution in [0.15, 0.2) is 80.7 Å². The number of primary amides is 1. The smallest absolute Gasteiger partial charge is 0.307 e. The molecule has 0 saturated carbocycles. The number of nitrogens with one attached hydrogen (secondary N) is 1. The zero-order valence-corrected chi connectivity index (χ0v) is 21.8. The van der Waals surface area contributed by atoms with Crippen molar-refractivity contribution in [2.75, 3.05) is 6.61 Å². The number of halogens is 1. The van der Waals surface area contributed by atoms with Gasteiger partial charge in [0.25, 0.3) is 5.91 Å². The highest BCUT2D eigenvalue weighted by Gasteiger charge is 2.11. The predicted molar refractivity (Wildman–Crippen MR) is 142 cm³/mol. The molecule has 2 aromatic carbocycles. The molecule has 0 radical (unpaired) electrons. The number of carbonyl (C=O) groups is 2. The minimum atomic E-state index is -0.569. The van der Waals surface area contributed by atoms with Crippen molar-refractivity contribution in [2.24, 2.45) is 10.8 Å². The van der Waals surface area contributed by atoms with E-state index in [-0.39, 0.29) is 19.0 Å². The number of ether oxygens (including phenoxy) is 2. The number of hydrogen-bond donors (Lipinski definition) is 2. The molecule has 0 aliphatic carbocycles. The second kappa shape index (κ2) is 11.6. The average Bonchev–Trinajstić information content (AvgIpc) is 3.48. The van der Waals surface area contributed by atoms with Crippen LogP contribution in [0.1, 0.15) is 33.3 Å². The largest absolute Gasteiger partial charge is 0.486 e. The quantitative estimate of drug-likeness (QED) is 0.214. The summed E-state index contributed by atoms with van der Waals surface area (Å²) in [7, 11) is 0. The molecule has 0 aliphatic heterocycles. The molecule has 0 spiro atoms. The SMILES string of the molecule is Cc1ccc(C)n1-c1ccc(OCc2ccc(C(=O)N/N=C/c3ccc(OCC(N)=O)c(Br)c3)o2)cc1. The van der Waals surface area contributed by atoms with Gasteiger partial charge in [-0.15, -0.1) is 0 Å². The van der Waals surface area contributed by atoms with Gasteiger partial charge in [0.05, 0.1) is 10.7 Å². The Balaban J connectivity index is 1.28. The molecular weight excluding hydrogens is 540 g/mol. The van der Waals surface area contributed by atoms with E-state index in [1.165, 1.54) is 6.21 Å². The summed E-state index contributed by atoms with van der Waals surface area (Å²) >= 11 is 3.35. The Morgan fingerprint density at radius 3 is 2.43 bits per heavy atom. The lowest BCUT2D eigenvalue weighted by Gasteiger charge is -2.10. The molecule has 9 nitrogen and oxygen atoms in total. The van der Waals surface area contributed by atoms with Gasteiger partial charge in [0.2, 0.25) is 0 Å². The molecule has 2 amide bonds. The van der Waals surface area contributed by atoms with Crippen molar-refractivity contribution < 1.29 is 23.5 Å². The molecule has 4 rings (SSSR count). The molecule has 37 heavy (non-hydrogen) atoms. The van der Waals surface area contributed by atoms with Crippen molar-refractivity contribution in [1.82, 2.24) is 9.99 Å². The average molecular weight is 565 g/mol. The van der Waals surface area contributed by atoms with Crippen LogP contribution in [0.2, 0.25) is 0 Å². The van der Waals surface area contributed by atoms with Gasteiger partial charge in [-0.25, -0.2) is 5.43 Å². The molecule has 0 saturated heterocycles. The van der Waals surface area contributed by atoms with Gasteiger partial charge in [0.15, 0.2) is 12.4 Å². The van der Waals surface area contributed by atoms with Gasteiger partial charge >= 0.3 is 5.91 Å². The Morgan fingerprint density at radius 2 is 1.76 bits per heavy atom. The Kier molecular flexibility index (Phi) is 8.09. The standard InChI is InChI=1S/C27H25BrN4O5/c1-17-3-4-18(2)32(17)20-6-8-21(9-7-20)35-15-22-10-12-25(37-22)27(34)31-30-14-19-5-11-24(23(28)13-19)36-16-26(29)33/h3-14H,15-16H2,1-2H3,(H2,29,33)(H,31,34)/b30-14+. The van der Waals surface area contributed by atoms with Crippen LogP contribution < -0.4 is 20.6 Å². The first-order valence-corrected chi connectivity index (χ1v) is 12.1. The molecule has 0 aliphatic rings. The van der Waals surface area contributed by atoms with Crippen LogP contribution in [-0.2, 0) is 11.4 Å². The third kappa shape index (κ3) is 6.68. The molecule has 2 heterocycles. The fraction of sp³-hybridized carbons (Fsp3) is 0.148. The summed E-state index contributed by atoms with van der Waals surface area (Å²) < 4.78 is 19.4. The third-order valence-electron chi connectivity index (χ3n) is 5.34. The lowest BCUT2D eigenvalue weighted by atomic mass is 10.2. The highest BCUT2D eigenvalue weighted by atomic mass is 79.9. The maximum absolute atomic E-state index is 12.4. The normalized spacial score (nSPS) is 11.0. The van der Waals surface area contributed by atoms with Gasteiger partial charge in [-0.3, -0.25) is 9.59 Å². The molecule has 0 unspecified atom stereocenters. The lowest BCUT2D eigenvalue weighted by Crippen LogP contribution is -2.20. The van der Waals surface area contributed by atoms with E-state index in [2.05, 4.69) is 57.0 Å². The molecular formula is C27H25BrN4O5. The topological polar surface area (TPSA) is 121 Å². The summed E-state index contributed by atoms with van der Waals surface area (Å²) in [6.45, 7) is 4.08. The van der Waals surface area contributed by atoms with Crippen molar-refractivity contribution in [3.63, 3.8) is 0 Å². The second-order valence-corrected chi connectivity index (χ2v) is 9.00. The van der Waals surface area contributed by atoms with Crippen LogP contribution in [0.3, 0.4) is 0 Å². The Morgan fingerprint density at radius 1 is 1.03 bits per heavy atom. The first-order chi connectivity index (χ1) is 17.8. The van der Waals surface area contributed by atoms with Crippen LogP contribution >= 0.6 is 15.9 Å². The number of rotatable bonds is 10. The summed E-state index contributed by atoms with van der Waals surface area (Å²) in [5.74, 6) is 0.708. The molecule has 10 heteroatoms. The van der Waals surface area contributed by atoms with Crippen LogP contribution in [0.4, 0.5) is 0 Å². The molecule has 0 fully saturated rings. The maximum Gasteiger partial charge on any atom is 0.307 e. The molecule has 3 N–H and O–H groups in total. The molecule has 4 aromatic rings. The summed E-state index contributed by atoms with van der Waals surface area (Å²) in [6, 6.07) is 20.3. The number of nitrogens with zero attached hydrogens (tertiary/aromatic N) is 2. The number of carbonyl (C=O) groups excluding carboxylic acids is 2. The van der Waals surface area contributed by atoms with Crippen molar-refractivity contribution >= 4 is 34.0 Å². The molecule has 0 bridgehead atoms. The van der Waals surface area contributed by atoms with E-state index in [9.17, 15) is 9.59 Å². The number of hydrazone groups is 1. The number of hydrogen-bond acceptors (Lipinski definition) is 6. The Labute approximate surface area is 222 Å². The fourth-order valence-corrected chi connectivity index (χ4v) is 4.09. The lowest BCUT2D eigenvalue weighted by molar-refractivity contribution is -0.119. The van der Waals surface area contributed by atoms with Crippen molar-refractivity contribution in [1.29, 1.82) is 0 Å². The monoisotopic (exact) mass is 564 g/mol. The van der Waals surface area contributed by atoms with E-state index in [1.54, 1.807) is 30.3 Å². The van der Waals surface area contributed by atoms with Gasteiger partial charge in [-0.2, -0.15) is 5.10 Å². The van der Waals surface area contributed by atoms with E-state index < -0.39 is 11.8 Å². The number of aryl methyl sites for hydroxylation is 2. The Bertz CT molecular complexity index is 1420. The predicted octanol–water partition coefficient (Wildman–Crippen LogP) is 4.66. The fourth-order valence-electron chi connectivity index (χ4n) is 3.58. The summed E-state index contributed by atoms with van der Waals surface area (Å²) in [6.07, 6.45) is 1.47. The van der Waals surface area contributed by atoms with Gasteiger partial charge in [-0.05, 0) is 102 Å². The van der Waals surface area contributed by atoms with Crippen molar-refractivity contribution in [2.45, 2.75) is 20.5 Å². The van der Waals surface area contributed by atoms with Gasteiger partial charge in [0, 0.05) is 17.1 Å². The van der Waals surface area contributed by atoms with Crippen molar-refractivity contribution in [3.05, 3.63) is 99.7 Å². The number of furan rings is 1. The van der Waals surface area contributed by atoms with Crippen LogP contribution in [0, 0.1) is 13.8 Å². The summed E-state index contributed by atoms with van der Waals surface area (Å²) in [4.78, 5) is 23.2. The van der Waals surface area contributed by atoms with E-state index in [0.717, 1.165) is 17.1 Å². The summed E-state index contributed by atoms with van der Waals surface area (Å²) in [5.41, 5.74) is 11.6. The summed E-state index contributed by atoms with van der Waals surface area (Å²) in [5, 5.41) is 3.95. The van der Waals surface area contributed by atoms with Crippen LogP contribution in [-0.4, -0.2) is 29.2 Å². The van der Waals surface area contributed by atoms with Crippen LogP contribution in [0.5, 0.6) is 11.5 Å². The van der Waals surface area contributed by atoms with Crippen LogP contribution in [0.25, 0.3) is 5.69 Å². The van der Waals surface area contributed by atoms with Gasteiger partial charge < -0.3 is 24.2 Å². The molecule has 190 valence electrons. The molecule has 0 atom stereocenters. The zero-order chi connectivity index (χ0) is 26.4. The first-order valence-electron chi connectivity index (χ1n) is 11.3. The number of aromatic nitrogens is 1. The first kappa shape index (κ1) is 25.8. The number of amides is 2. The Hall–Kier alpha value is -4.31. The van der Waals surface area contributed by atoms with E-state index in [4.69, 9.17) is 19.6 Å². The van der Waals surface area contributed by atoms with E-state index in [0.29, 0.717) is 27.3 Å². The molecule has 2 aromatic heterocycles. The van der Waals surface area contributed by atoms with Crippen molar-refractivity contribution in [3.8, 4) is 17.2 Å². The minimum Gasteiger partial charge on any atom is -0.486 e. The zero-order valence-electron chi connectivity index (χ0n) is 20.2. The number of benzene rings is 2. The highest BCUT2D eigenvalue weighted by molar-refractivity contribution is 9.10. The maximum atomic E-state index is 12.4. The second-order valence-electron chi connectivity index (χ2n) is 8.14. The van der Waals surface area contributed by atoms with E-state index >= 15 is 0 Å². The number of nitrogens with two attached hydrogens (primary N) is 1. The van der Waals surface area contributed by atoms with Gasteiger partial charge in [0.1, 0.15) is 23.9 Å². The highest BCUT2D eigenvalue weighted by Crippen LogP contribution is 2.25. The minimum absolute atomic E-state index is 0.112. The van der Waals surface area contributed by atoms with Gasteiger partial charge in [-0.1, -0.05) is 0 Å². The van der Waals surface area contributed by atoms with E-state index in [1.807, 2.05) is 24.3 Å². The third-order valence-corrected chi connectivity index (χ3v) is 5.96.